The van der Waals surface area contributed by atoms with Crippen molar-refractivity contribution in [1.82, 2.24) is 30.1 Å². The number of aromatic amines is 2. The third-order valence-corrected chi connectivity index (χ3v) is 5.84. The van der Waals surface area contributed by atoms with E-state index in [2.05, 4.69) is 50.4 Å². The summed E-state index contributed by atoms with van der Waals surface area (Å²) in [6.45, 7) is 4.17. The van der Waals surface area contributed by atoms with Gasteiger partial charge in [0.15, 0.2) is 11.5 Å². The lowest BCUT2D eigenvalue weighted by Crippen LogP contribution is -2.09. The standard InChI is InChI=1S/C27H22FN7/c1-15(2)31-18-10-16(12-29-14-18)17-11-21-25(34-35-26(21)30-13-17)27-32-23-9-5-7-20(24(23)33-27)19-6-3-4-8-22(19)28/h3-15,31H,1-2H3,(H,32,33)(H,30,34,35). The van der Waals surface area contributed by atoms with Crippen molar-refractivity contribution >= 4 is 27.8 Å². The lowest BCUT2D eigenvalue weighted by molar-refractivity contribution is 0.631. The van der Waals surface area contributed by atoms with Crippen LogP contribution in [0.15, 0.2) is 73.2 Å². The molecule has 0 fully saturated rings. The van der Waals surface area contributed by atoms with Crippen LogP contribution < -0.4 is 5.32 Å². The molecule has 6 rings (SSSR count). The number of pyridine rings is 2. The molecular formula is C27H22FN7. The fraction of sp³-hybridized carbons (Fsp3) is 0.111. The second-order valence-corrected chi connectivity index (χ2v) is 8.72. The van der Waals surface area contributed by atoms with E-state index in [0.29, 0.717) is 34.3 Å². The number of para-hydroxylation sites is 1. The quantitative estimate of drug-likeness (QED) is 0.283. The predicted molar refractivity (Wildman–Crippen MR) is 136 cm³/mol. The molecule has 0 saturated carbocycles. The molecule has 4 aromatic heterocycles. The van der Waals surface area contributed by atoms with Gasteiger partial charge in [0.05, 0.1) is 22.1 Å². The normalized spacial score (nSPS) is 11.5. The number of H-pyrrole nitrogens is 2. The lowest BCUT2D eigenvalue weighted by atomic mass is 10.0. The highest BCUT2D eigenvalue weighted by Crippen LogP contribution is 2.33. The molecule has 0 aliphatic heterocycles. The molecule has 0 aliphatic carbocycles. The van der Waals surface area contributed by atoms with Crippen molar-refractivity contribution in [2.24, 2.45) is 0 Å². The molecule has 35 heavy (non-hydrogen) atoms. The number of nitrogens with one attached hydrogen (secondary N) is 3. The first-order chi connectivity index (χ1) is 17.1. The molecule has 0 radical (unpaired) electrons. The van der Waals surface area contributed by atoms with Gasteiger partial charge >= 0.3 is 0 Å². The fourth-order valence-electron chi connectivity index (χ4n) is 4.29. The van der Waals surface area contributed by atoms with Crippen molar-refractivity contribution in [3.05, 3.63) is 79.0 Å². The summed E-state index contributed by atoms with van der Waals surface area (Å²) in [4.78, 5) is 17.1. The lowest BCUT2D eigenvalue weighted by Gasteiger charge is -2.10. The van der Waals surface area contributed by atoms with Crippen LogP contribution >= 0.6 is 0 Å². The highest BCUT2D eigenvalue weighted by molar-refractivity contribution is 5.97. The maximum Gasteiger partial charge on any atom is 0.159 e. The van der Waals surface area contributed by atoms with Gasteiger partial charge in [-0.1, -0.05) is 30.3 Å². The summed E-state index contributed by atoms with van der Waals surface area (Å²) in [7, 11) is 0. The summed E-state index contributed by atoms with van der Waals surface area (Å²) < 4.78 is 14.5. The highest BCUT2D eigenvalue weighted by atomic mass is 19.1. The summed E-state index contributed by atoms with van der Waals surface area (Å²) in [6, 6.07) is 16.8. The number of rotatable bonds is 5. The van der Waals surface area contributed by atoms with Crippen LogP contribution in [-0.2, 0) is 0 Å². The van der Waals surface area contributed by atoms with E-state index < -0.39 is 0 Å². The van der Waals surface area contributed by atoms with E-state index in [4.69, 9.17) is 4.98 Å². The first kappa shape index (κ1) is 21.0. The second kappa shape index (κ2) is 8.32. The Morgan fingerprint density at radius 1 is 0.914 bits per heavy atom. The second-order valence-electron chi connectivity index (χ2n) is 8.72. The van der Waals surface area contributed by atoms with Crippen molar-refractivity contribution in [1.29, 1.82) is 0 Å². The summed E-state index contributed by atoms with van der Waals surface area (Å²) in [6.07, 6.45) is 5.42. The number of hydrogen-bond donors (Lipinski definition) is 3. The third kappa shape index (κ3) is 3.78. The molecule has 0 amide bonds. The highest BCUT2D eigenvalue weighted by Gasteiger charge is 2.17. The zero-order valence-corrected chi connectivity index (χ0v) is 19.2. The molecule has 0 saturated heterocycles. The summed E-state index contributed by atoms with van der Waals surface area (Å²) in [5, 5.41) is 11.7. The van der Waals surface area contributed by atoms with Gasteiger partial charge in [0.25, 0.3) is 0 Å². The molecule has 0 unspecified atom stereocenters. The molecule has 0 atom stereocenters. The van der Waals surface area contributed by atoms with Gasteiger partial charge in [-0.15, -0.1) is 0 Å². The Morgan fingerprint density at radius 3 is 2.60 bits per heavy atom. The molecule has 4 heterocycles. The maximum absolute atomic E-state index is 14.5. The topological polar surface area (TPSA) is 95.2 Å². The van der Waals surface area contributed by atoms with Crippen LogP contribution in [0.25, 0.3) is 55.8 Å². The number of fused-ring (bicyclic) bond motifs is 2. The number of halogens is 1. The Hall–Kier alpha value is -4.59. The van der Waals surface area contributed by atoms with E-state index in [9.17, 15) is 4.39 Å². The van der Waals surface area contributed by atoms with Crippen molar-refractivity contribution in [2.75, 3.05) is 5.32 Å². The van der Waals surface area contributed by atoms with Crippen LogP contribution in [0.2, 0.25) is 0 Å². The summed E-state index contributed by atoms with van der Waals surface area (Å²) in [5.74, 6) is 0.300. The predicted octanol–water partition coefficient (Wildman–Crippen LogP) is 6.19. The van der Waals surface area contributed by atoms with Crippen molar-refractivity contribution in [3.63, 3.8) is 0 Å². The van der Waals surface area contributed by atoms with E-state index in [1.807, 2.05) is 36.5 Å². The third-order valence-electron chi connectivity index (χ3n) is 5.84. The van der Waals surface area contributed by atoms with Gasteiger partial charge < -0.3 is 10.3 Å². The van der Waals surface area contributed by atoms with Gasteiger partial charge in [0, 0.05) is 46.9 Å². The van der Waals surface area contributed by atoms with Crippen molar-refractivity contribution in [3.8, 4) is 33.8 Å². The van der Waals surface area contributed by atoms with Gasteiger partial charge in [-0.05, 0) is 38.1 Å². The zero-order chi connectivity index (χ0) is 23.9. The van der Waals surface area contributed by atoms with E-state index in [1.165, 1.54) is 6.07 Å². The number of benzene rings is 2. The van der Waals surface area contributed by atoms with Crippen LogP contribution in [0, 0.1) is 5.82 Å². The van der Waals surface area contributed by atoms with Crippen LogP contribution in [0.5, 0.6) is 0 Å². The molecule has 3 N–H and O–H groups in total. The first-order valence-electron chi connectivity index (χ1n) is 11.4. The van der Waals surface area contributed by atoms with Gasteiger partial charge in [-0.2, -0.15) is 5.10 Å². The Kier molecular flexibility index (Phi) is 4.99. The molecule has 0 bridgehead atoms. The molecule has 2 aromatic carbocycles. The van der Waals surface area contributed by atoms with Crippen LogP contribution in [0.1, 0.15) is 13.8 Å². The Morgan fingerprint density at radius 2 is 1.74 bits per heavy atom. The molecule has 172 valence electrons. The van der Waals surface area contributed by atoms with Gasteiger partial charge in [0.1, 0.15) is 11.5 Å². The molecule has 6 aromatic rings. The molecular weight excluding hydrogens is 441 g/mol. The summed E-state index contributed by atoms with van der Waals surface area (Å²) in [5.41, 5.74) is 6.84. The minimum absolute atomic E-state index is 0.286. The van der Waals surface area contributed by atoms with Gasteiger partial charge in [-0.25, -0.2) is 14.4 Å². The van der Waals surface area contributed by atoms with E-state index >= 15 is 0 Å². The van der Waals surface area contributed by atoms with Crippen LogP contribution in [0.4, 0.5) is 10.1 Å². The average molecular weight is 464 g/mol. The smallest absolute Gasteiger partial charge is 0.159 e. The zero-order valence-electron chi connectivity index (χ0n) is 19.2. The molecule has 0 spiro atoms. The number of nitrogens with zero attached hydrogens (tertiary/aromatic N) is 4. The minimum atomic E-state index is -0.286. The Labute approximate surface area is 200 Å². The van der Waals surface area contributed by atoms with E-state index in [1.54, 1.807) is 24.5 Å². The maximum atomic E-state index is 14.5. The van der Waals surface area contributed by atoms with Crippen molar-refractivity contribution in [2.45, 2.75) is 19.9 Å². The Bertz CT molecular complexity index is 1680. The van der Waals surface area contributed by atoms with Crippen LogP contribution in [-0.4, -0.2) is 36.2 Å². The molecule has 8 heteroatoms. The van der Waals surface area contributed by atoms with E-state index in [-0.39, 0.29) is 5.82 Å². The SMILES string of the molecule is CC(C)Nc1cncc(-c2cnc3[nH]nc(-c4nc5c(-c6ccccc6F)cccc5[nH]4)c3c2)c1. The average Bonchev–Trinajstić information content (AvgIpc) is 3.47. The van der Waals surface area contributed by atoms with Crippen LogP contribution in [0.3, 0.4) is 0 Å². The van der Waals surface area contributed by atoms with Crippen molar-refractivity contribution < 1.29 is 4.39 Å². The fourth-order valence-corrected chi connectivity index (χ4v) is 4.29. The monoisotopic (exact) mass is 463 g/mol. The molecule has 0 aliphatic rings. The van der Waals surface area contributed by atoms with E-state index in [0.717, 1.165) is 33.3 Å². The van der Waals surface area contributed by atoms with Gasteiger partial charge in [-0.3, -0.25) is 10.1 Å². The summed E-state index contributed by atoms with van der Waals surface area (Å²) >= 11 is 0. The first-order valence-corrected chi connectivity index (χ1v) is 11.4. The number of imidazole rings is 1. The largest absolute Gasteiger partial charge is 0.382 e. The minimum Gasteiger partial charge on any atom is -0.382 e. The number of aromatic nitrogens is 6. The van der Waals surface area contributed by atoms with Gasteiger partial charge in [0.2, 0.25) is 0 Å². The molecule has 7 nitrogen and oxygen atoms in total. The number of hydrogen-bond acceptors (Lipinski definition) is 5. The number of anilines is 1. The Balaban J connectivity index is 1.46.